The number of aromatic nitrogens is 1. The molecule has 1 N–H and O–H groups in total. The molecule has 1 heterocycles. The molecule has 72 valence electrons. The van der Waals surface area contributed by atoms with E-state index in [2.05, 4.69) is 18.8 Å². The quantitative estimate of drug-likeness (QED) is 0.652. The Morgan fingerprint density at radius 3 is 2.79 bits per heavy atom. The summed E-state index contributed by atoms with van der Waals surface area (Å²) in [7, 11) is 0. The molecule has 0 radical (unpaired) electrons. The van der Waals surface area contributed by atoms with E-state index in [1.165, 1.54) is 17.3 Å². The van der Waals surface area contributed by atoms with E-state index in [9.17, 15) is 4.39 Å². The van der Waals surface area contributed by atoms with Crippen LogP contribution in [0.2, 0.25) is 0 Å². The highest BCUT2D eigenvalue weighted by Crippen LogP contribution is 2.49. The summed E-state index contributed by atoms with van der Waals surface area (Å²) in [6.45, 7) is 4.41. The Morgan fingerprint density at radius 2 is 2.00 bits per heavy atom. The monoisotopic (exact) mass is 189 g/mol. The van der Waals surface area contributed by atoms with Gasteiger partial charge in [-0.05, 0) is 29.7 Å². The summed E-state index contributed by atoms with van der Waals surface area (Å²) in [5, 5.41) is 1.06. The van der Waals surface area contributed by atoms with Gasteiger partial charge >= 0.3 is 0 Å². The lowest BCUT2D eigenvalue weighted by atomic mass is 9.73. The second kappa shape index (κ2) is 2.38. The van der Waals surface area contributed by atoms with Crippen LogP contribution in [-0.2, 0) is 0 Å². The molecule has 2 atom stereocenters. The zero-order valence-electron chi connectivity index (χ0n) is 8.26. The number of aromatic amines is 1. The standard InChI is InChI=1S/C12H12FN/c1-6-7(2)12-11(6)9-5-8(13)3-4-10(9)14-12/h3-7,14H,1-2H3. The highest BCUT2D eigenvalue weighted by molar-refractivity contribution is 5.87. The molecule has 0 bridgehead atoms. The minimum atomic E-state index is -0.147. The van der Waals surface area contributed by atoms with E-state index in [-0.39, 0.29) is 5.82 Å². The first-order chi connectivity index (χ1) is 6.68. The normalized spacial score (nSPS) is 24.8. The summed E-state index contributed by atoms with van der Waals surface area (Å²) < 4.78 is 13.1. The van der Waals surface area contributed by atoms with E-state index in [1.54, 1.807) is 6.07 Å². The number of fused-ring (bicyclic) bond motifs is 3. The van der Waals surface area contributed by atoms with E-state index in [1.807, 2.05) is 6.07 Å². The van der Waals surface area contributed by atoms with Crippen molar-refractivity contribution in [2.75, 3.05) is 0 Å². The zero-order valence-corrected chi connectivity index (χ0v) is 8.26. The van der Waals surface area contributed by atoms with E-state index >= 15 is 0 Å². The van der Waals surface area contributed by atoms with E-state index in [0.29, 0.717) is 11.8 Å². The fourth-order valence-corrected chi connectivity index (χ4v) is 2.46. The van der Waals surface area contributed by atoms with E-state index < -0.39 is 0 Å². The van der Waals surface area contributed by atoms with Crippen molar-refractivity contribution in [1.82, 2.24) is 4.98 Å². The Balaban J connectivity index is 2.36. The molecule has 1 aliphatic carbocycles. The first-order valence-corrected chi connectivity index (χ1v) is 4.99. The van der Waals surface area contributed by atoms with Crippen LogP contribution in [0.5, 0.6) is 0 Å². The van der Waals surface area contributed by atoms with Gasteiger partial charge in [-0.1, -0.05) is 13.8 Å². The van der Waals surface area contributed by atoms with Crippen LogP contribution in [0, 0.1) is 5.82 Å². The van der Waals surface area contributed by atoms with Crippen LogP contribution in [0.15, 0.2) is 18.2 Å². The molecule has 0 saturated heterocycles. The molecule has 2 unspecified atom stereocenters. The molecule has 1 aromatic heterocycles. The van der Waals surface area contributed by atoms with Crippen molar-refractivity contribution in [3.05, 3.63) is 35.3 Å². The number of hydrogen-bond acceptors (Lipinski definition) is 0. The molecular formula is C12H12FN. The van der Waals surface area contributed by atoms with Crippen molar-refractivity contribution in [2.24, 2.45) is 0 Å². The number of benzene rings is 1. The summed E-state index contributed by atoms with van der Waals surface area (Å²) in [6, 6.07) is 4.96. The van der Waals surface area contributed by atoms with Crippen LogP contribution in [0.4, 0.5) is 4.39 Å². The Bertz CT molecular complexity index is 512. The van der Waals surface area contributed by atoms with Crippen LogP contribution in [0.1, 0.15) is 36.9 Å². The second-order valence-electron chi connectivity index (χ2n) is 4.22. The predicted molar refractivity (Wildman–Crippen MR) is 55.1 cm³/mol. The number of nitrogens with one attached hydrogen (secondary N) is 1. The summed E-state index contributed by atoms with van der Waals surface area (Å²) in [4.78, 5) is 3.35. The van der Waals surface area contributed by atoms with Crippen LogP contribution in [0.3, 0.4) is 0 Å². The lowest BCUT2D eigenvalue weighted by molar-refractivity contribution is 0.535. The first-order valence-electron chi connectivity index (χ1n) is 4.99. The van der Waals surface area contributed by atoms with Gasteiger partial charge in [-0.3, -0.25) is 0 Å². The fraction of sp³-hybridized carbons (Fsp3) is 0.333. The van der Waals surface area contributed by atoms with Gasteiger partial charge in [-0.15, -0.1) is 0 Å². The molecule has 2 heteroatoms. The molecule has 0 aliphatic heterocycles. The van der Waals surface area contributed by atoms with Gasteiger partial charge < -0.3 is 4.98 Å². The summed E-state index contributed by atoms with van der Waals surface area (Å²) >= 11 is 0. The van der Waals surface area contributed by atoms with Crippen molar-refractivity contribution in [1.29, 1.82) is 0 Å². The van der Waals surface area contributed by atoms with Crippen molar-refractivity contribution >= 4 is 10.9 Å². The Kier molecular flexibility index (Phi) is 1.37. The van der Waals surface area contributed by atoms with Crippen LogP contribution >= 0.6 is 0 Å². The van der Waals surface area contributed by atoms with Crippen molar-refractivity contribution in [2.45, 2.75) is 25.7 Å². The van der Waals surface area contributed by atoms with Crippen molar-refractivity contribution in [3.63, 3.8) is 0 Å². The molecule has 1 aromatic carbocycles. The molecule has 0 saturated carbocycles. The van der Waals surface area contributed by atoms with E-state index in [4.69, 9.17) is 0 Å². The van der Waals surface area contributed by atoms with Gasteiger partial charge in [0.2, 0.25) is 0 Å². The lowest BCUT2D eigenvalue weighted by Gasteiger charge is -2.31. The summed E-state index contributed by atoms with van der Waals surface area (Å²) in [6.07, 6.45) is 0. The van der Waals surface area contributed by atoms with Gasteiger partial charge in [0.05, 0.1) is 0 Å². The second-order valence-corrected chi connectivity index (χ2v) is 4.22. The largest absolute Gasteiger partial charge is 0.358 e. The molecule has 1 nitrogen and oxygen atoms in total. The SMILES string of the molecule is CC1c2[nH]c3ccc(F)cc3c2C1C. The fourth-order valence-electron chi connectivity index (χ4n) is 2.46. The van der Waals surface area contributed by atoms with Crippen LogP contribution < -0.4 is 0 Å². The molecule has 0 fully saturated rings. The van der Waals surface area contributed by atoms with Crippen molar-refractivity contribution < 1.29 is 4.39 Å². The third-order valence-corrected chi connectivity index (χ3v) is 3.49. The Labute approximate surface area is 81.9 Å². The lowest BCUT2D eigenvalue weighted by Crippen LogP contribution is -2.17. The topological polar surface area (TPSA) is 15.8 Å². The van der Waals surface area contributed by atoms with Crippen molar-refractivity contribution in [3.8, 4) is 0 Å². The maximum atomic E-state index is 13.1. The van der Waals surface area contributed by atoms with Gasteiger partial charge in [0.15, 0.2) is 0 Å². The third kappa shape index (κ3) is 0.788. The highest BCUT2D eigenvalue weighted by atomic mass is 19.1. The highest BCUT2D eigenvalue weighted by Gasteiger charge is 2.34. The smallest absolute Gasteiger partial charge is 0.123 e. The Morgan fingerprint density at radius 1 is 1.21 bits per heavy atom. The number of rotatable bonds is 0. The third-order valence-electron chi connectivity index (χ3n) is 3.49. The molecule has 2 aromatic rings. The zero-order chi connectivity index (χ0) is 9.87. The minimum absolute atomic E-state index is 0.147. The number of H-pyrrole nitrogens is 1. The maximum absolute atomic E-state index is 13.1. The maximum Gasteiger partial charge on any atom is 0.123 e. The summed E-state index contributed by atoms with van der Waals surface area (Å²) in [5.41, 5.74) is 3.66. The molecule has 1 aliphatic rings. The number of halogens is 1. The van der Waals surface area contributed by atoms with Gasteiger partial charge in [-0.2, -0.15) is 0 Å². The minimum Gasteiger partial charge on any atom is -0.358 e. The number of hydrogen-bond donors (Lipinski definition) is 1. The van der Waals surface area contributed by atoms with Gasteiger partial charge in [0.1, 0.15) is 5.82 Å². The average molecular weight is 189 g/mol. The van der Waals surface area contributed by atoms with Crippen LogP contribution in [-0.4, -0.2) is 4.98 Å². The molecular weight excluding hydrogens is 177 g/mol. The molecule has 14 heavy (non-hydrogen) atoms. The Hall–Kier alpha value is -1.31. The molecule has 3 rings (SSSR count). The van der Waals surface area contributed by atoms with E-state index in [0.717, 1.165) is 10.9 Å². The molecule has 0 amide bonds. The van der Waals surface area contributed by atoms with Gasteiger partial charge in [0.25, 0.3) is 0 Å². The predicted octanol–water partition coefficient (Wildman–Crippen LogP) is 3.53. The molecule has 0 spiro atoms. The summed E-state index contributed by atoms with van der Waals surface area (Å²) in [5.74, 6) is 0.993. The van der Waals surface area contributed by atoms with Gasteiger partial charge in [-0.25, -0.2) is 4.39 Å². The van der Waals surface area contributed by atoms with Crippen LogP contribution in [0.25, 0.3) is 10.9 Å². The van der Waals surface area contributed by atoms with Gasteiger partial charge in [0, 0.05) is 22.5 Å². The average Bonchev–Trinajstić information content (AvgIpc) is 2.52. The first kappa shape index (κ1) is 8.04.